The summed E-state index contributed by atoms with van der Waals surface area (Å²) in [5.74, 6) is 0.562. The molecule has 2 aromatic rings. The topological polar surface area (TPSA) is 38.3 Å². The smallest absolute Gasteiger partial charge is 0.262 e. The lowest BCUT2D eigenvalue weighted by Gasteiger charge is -2.19. The zero-order valence-corrected chi connectivity index (χ0v) is 13.7. The second-order valence-corrected chi connectivity index (χ2v) is 6.76. The zero-order valence-electron chi connectivity index (χ0n) is 10.6. The van der Waals surface area contributed by atoms with Crippen molar-refractivity contribution < 1.29 is 9.53 Å². The van der Waals surface area contributed by atoms with E-state index >= 15 is 0 Å². The first-order valence-corrected chi connectivity index (χ1v) is 8.17. The van der Waals surface area contributed by atoms with Gasteiger partial charge in [0.25, 0.3) is 5.91 Å². The van der Waals surface area contributed by atoms with Gasteiger partial charge in [-0.1, -0.05) is 33.6 Å². The van der Waals surface area contributed by atoms with Crippen molar-refractivity contribution in [2.75, 3.05) is 11.9 Å². The van der Waals surface area contributed by atoms with Gasteiger partial charge in [-0.25, -0.2) is 0 Å². The first kappa shape index (κ1) is 13.9. The third-order valence-corrected chi connectivity index (χ3v) is 6.15. The van der Waals surface area contributed by atoms with E-state index in [1.165, 1.54) is 0 Å². The molecule has 1 unspecified atom stereocenters. The number of nitrogens with one attached hydrogen (secondary N) is 1. The highest BCUT2D eigenvalue weighted by Crippen LogP contribution is 2.42. The minimum Gasteiger partial charge on any atom is -0.482 e. The van der Waals surface area contributed by atoms with Gasteiger partial charge in [0.05, 0.1) is 15.5 Å². The van der Waals surface area contributed by atoms with Crippen LogP contribution in [0.25, 0.3) is 0 Å². The molecule has 1 aliphatic rings. The van der Waals surface area contributed by atoms with Crippen LogP contribution in [-0.4, -0.2) is 12.5 Å². The highest BCUT2D eigenvalue weighted by atomic mass is 79.9. The molecular formula is C14H11BrClNO2S. The zero-order chi connectivity index (χ0) is 14.3. The van der Waals surface area contributed by atoms with Crippen LogP contribution in [0.4, 0.5) is 5.69 Å². The molecule has 2 heterocycles. The minimum atomic E-state index is -0.134. The minimum absolute atomic E-state index is 0.00201. The van der Waals surface area contributed by atoms with Gasteiger partial charge in [-0.2, -0.15) is 0 Å². The molecule has 0 radical (unpaired) electrons. The third-order valence-electron chi connectivity index (χ3n) is 3.08. The molecule has 1 N–H and O–H groups in total. The maximum atomic E-state index is 11.4. The van der Waals surface area contributed by atoms with Gasteiger partial charge in [0.15, 0.2) is 6.61 Å². The number of amides is 1. The number of halogens is 2. The predicted octanol–water partition coefficient (Wildman–Crippen LogP) is 4.53. The summed E-state index contributed by atoms with van der Waals surface area (Å²) in [6, 6.07) is 5.75. The van der Waals surface area contributed by atoms with Crippen LogP contribution in [0.5, 0.6) is 5.75 Å². The molecule has 20 heavy (non-hydrogen) atoms. The lowest BCUT2D eigenvalue weighted by molar-refractivity contribution is -0.118. The van der Waals surface area contributed by atoms with Crippen molar-refractivity contribution in [1.82, 2.24) is 0 Å². The molecule has 0 saturated carbocycles. The molecule has 0 fully saturated rings. The number of aryl methyl sites for hydroxylation is 1. The number of benzene rings is 1. The number of thiophene rings is 1. The fraction of sp³-hybridized carbons (Fsp3) is 0.214. The highest BCUT2D eigenvalue weighted by molar-refractivity contribution is 9.09. The Balaban J connectivity index is 1.96. The van der Waals surface area contributed by atoms with E-state index in [0.29, 0.717) is 11.4 Å². The van der Waals surface area contributed by atoms with Gasteiger partial charge in [0.1, 0.15) is 5.75 Å². The maximum Gasteiger partial charge on any atom is 0.262 e. The second-order valence-electron chi connectivity index (χ2n) is 4.55. The molecule has 1 atom stereocenters. The number of alkyl halides is 1. The second kappa shape index (κ2) is 5.39. The molecule has 1 aromatic heterocycles. The average molecular weight is 373 g/mol. The Hall–Kier alpha value is -1.04. The van der Waals surface area contributed by atoms with Crippen LogP contribution in [-0.2, 0) is 4.79 Å². The summed E-state index contributed by atoms with van der Waals surface area (Å²) >= 11 is 11.6. The SMILES string of the molecule is Cc1csc(C(Br)c2ccc3c(c2)NC(=O)CO3)c1Cl. The van der Waals surface area contributed by atoms with Gasteiger partial charge in [0, 0.05) is 4.88 Å². The first-order valence-electron chi connectivity index (χ1n) is 6.00. The molecule has 1 amide bonds. The van der Waals surface area contributed by atoms with Gasteiger partial charge in [-0.3, -0.25) is 4.79 Å². The van der Waals surface area contributed by atoms with Gasteiger partial charge < -0.3 is 10.1 Å². The third kappa shape index (κ3) is 2.45. The molecule has 0 bridgehead atoms. The molecule has 6 heteroatoms. The predicted molar refractivity (Wildman–Crippen MR) is 85.4 cm³/mol. The number of carbonyl (C=O) groups is 1. The van der Waals surface area contributed by atoms with Crippen molar-refractivity contribution in [2.45, 2.75) is 11.8 Å². The summed E-state index contributed by atoms with van der Waals surface area (Å²) in [6.07, 6.45) is 0. The summed E-state index contributed by atoms with van der Waals surface area (Å²) in [7, 11) is 0. The van der Waals surface area contributed by atoms with Crippen molar-refractivity contribution in [2.24, 2.45) is 0 Å². The van der Waals surface area contributed by atoms with E-state index in [-0.39, 0.29) is 17.3 Å². The Morgan fingerprint density at radius 2 is 2.30 bits per heavy atom. The molecule has 3 rings (SSSR count). The lowest BCUT2D eigenvalue weighted by Crippen LogP contribution is -2.25. The fourth-order valence-electron chi connectivity index (χ4n) is 2.03. The lowest BCUT2D eigenvalue weighted by atomic mass is 10.1. The largest absolute Gasteiger partial charge is 0.482 e. The molecule has 0 saturated heterocycles. The quantitative estimate of drug-likeness (QED) is 0.787. The number of anilines is 1. The van der Waals surface area contributed by atoms with Gasteiger partial charge in [-0.05, 0) is 35.6 Å². The molecule has 1 aromatic carbocycles. The van der Waals surface area contributed by atoms with Crippen molar-refractivity contribution in [3.63, 3.8) is 0 Å². The van der Waals surface area contributed by atoms with E-state index in [4.69, 9.17) is 16.3 Å². The molecule has 3 nitrogen and oxygen atoms in total. The molecule has 0 aliphatic carbocycles. The molecule has 1 aliphatic heterocycles. The molecule has 0 spiro atoms. The molecular weight excluding hydrogens is 362 g/mol. The van der Waals surface area contributed by atoms with Gasteiger partial charge in [-0.15, -0.1) is 11.3 Å². The van der Waals surface area contributed by atoms with E-state index in [1.807, 2.05) is 30.5 Å². The number of ether oxygens (including phenoxy) is 1. The van der Waals surface area contributed by atoms with Crippen molar-refractivity contribution >= 4 is 50.5 Å². The first-order chi connectivity index (χ1) is 9.56. The van der Waals surface area contributed by atoms with Crippen LogP contribution in [0, 0.1) is 6.92 Å². The van der Waals surface area contributed by atoms with Crippen molar-refractivity contribution in [3.8, 4) is 5.75 Å². The van der Waals surface area contributed by atoms with E-state index in [0.717, 1.165) is 21.0 Å². The summed E-state index contributed by atoms with van der Waals surface area (Å²) in [4.78, 5) is 12.4. The van der Waals surface area contributed by atoms with Crippen LogP contribution >= 0.6 is 38.9 Å². The van der Waals surface area contributed by atoms with Crippen LogP contribution in [0.3, 0.4) is 0 Å². The Morgan fingerprint density at radius 1 is 1.50 bits per heavy atom. The Bertz CT molecular complexity index is 686. The van der Waals surface area contributed by atoms with Crippen molar-refractivity contribution in [3.05, 3.63) is 44.6 Å². The summed E-state index contributed by atoms with van der Waals surface area (Å²) in [6.45, 7) is 2.06. The normalized spacial score (nSPS) is 15.2. The maximum absolute atomic E-state index is 11.4. The van der Waals surface area contributed by atoms with E-state index in [2.05, 4.69) is 21.2 Å². The van der Waals surface area contributed by atoms with E-state index in [9.17, 15) is 4.79 Å². The highest BCUT2D eigenvalue weighted by Gasteiger charge is 2.21. The van der Waals surface area contributed by atoms with E-state index in [1.54, 1.807) is 11.3 Å². The van der Waals surface area contributed by atoms with Crippen LogP contribution < -0.4 is 10.1 Å². The van der Waals surface area contributed by atoms with Gasteiger partial charge in [0.2, 0.25) is 0 Å². The van der Waals surface area contributed by atoms with Gasteiger partial charge >= 0.3 is 0 Å². The average Bonchev–Trinajstić information content (AvgIpc) is 2.77. The number of rotatable bonds is 2. The van der Waals surface area contributed by atoms with Crippen LogP contribution in [0.15, 0.2) is 23.6 Å². The Labute approximate surface area is 134 Å². The standard InChI is InChI=1S/C14H11BrClNO2S/c1-7-6-20-14(13(7)16)12(15)8-2-3-10-9(4-8)17-11(18)5-19-10/h2-4,6,12H,5H2,1H3,(H,17,18). The summed E-state index contributed by atoms with van der Waals surface area (Å²) < 4.78 is 5.35. The monoisotopic (exact) mass is 371 g/mol. The fourth-order valence-corrected chi connectivity index (χ4v) is 4.30. The van der Waals surface area contributed by atoms with Crippen molar-refractivity contribution in [1.29, 1.82) is 0 Å². The van der Waals surface area contributed by atoms with Crippen LogP contribution in [0.1, 0.15) is 20.8 Å². The number of hydrogen-bond donors (Lipinski definition) is 1. The Morgan fingerprint density at radius 3 is 3.00 bits per heavy atom. The number of fused-ring (bicyclic) bond motifs is 1. The van der Waals surface area contributed by atoms with E-state index < -0.39 is 0 Å². The van der Waals surface area contributed by atoms with Crippen LogP contribution in [0.2, 0.25) is 5.02 Å². The molecule has 104 valence electrons. The Kier molecular flexibility index (Phi) is 3.75. The summed E-state index contributed by atoms with van der Waals surface area (Å²) in [5, 5.41) is 5.64. The number of carbonyl (C=O) groups excluding carboxylic acids is 1. The number of hydrogen-bond acceptors (Lipinski definition) is 3. The summed E-state index contributed by atoms with van der Waals surface area (Å²) in [5.41, 5.74) is 2.80.